The van der Waals surface area contributed by atoms with E-state index in [-0.39, 0.29) is 0 Å². The Kier molecular flexibility index (Phi) is 5.40. The number of rotatable bonds is 5. The van der Waals surface area contributed by atoms with E-state index in [1.54, 1.807) is 31.4 Å². The molecule has 0 aliphatic carbocycles. The molecule has 0 bridgehead atoms. The van der Waals surface area contributed by atoms with E-state index < -0.39 is 23.9 Å². The van der Waals surface area contributed by atoms with Gasteiger partial charge in [-0.3, -0.25) is 4.79 Å². The van der Waals surface area contributed by atoms with Gasteiger partial charge in [0.2, 0.25) is 0 Å². The van der Waals surface area contributed by atoms with Gasteiger partial charge < -0.3 is 14.2 Å². The van der Waals surface area contributed by atoms with E-state index in [1.807, 2.05) is 30.3 Å². The van der Waals surface area contributed by atoms with Crippen molar-refractivity contribution >= 4 is 23.3 Å². The summed E-state index contributed by atoms with van der Waals surface area (Å²) in [6, 6.07) is 15.3. The lowest BCUT2D eigenvalue weighted by molar-refractivity contribution is -0.150. The minimum Gasteiger partial charge on any atom is -0.497 e. The molecule has 0 N–H and O–H groups in total. The standard InChI is InChI=1S/C20H20N2O5/c1-25-15-11-9-13(10-12-15)17-16(19(23)26-2)18(20(24)27-3)22(21-17)14-7-5-4-6-8-14/h4-12,16,18H,1-3H3/t16-,18-/m0/s1. The van der Waals surface area contributed by atoms with Crippen LogP contribution in [-0.4, -0.2) is 45.0 Å². The molecule has 1 aliphatic heterocycles. The number of hydrogen-bond donors (Lipinski definition) is 0. The lowest BCUT2D eigenvalue weighted by atomic mass is 9.91. The SMILES string of the molecule is COC(=O)[C@H]1C(c2ccc(OC)cc2)=NN(c2ccccc2)[C@@H]1C(=O)OC. The van der Waals surface area contributed by atoms with Crippen LogP contribution in [0.25, 0.3) is 0 Å². The van der Waals surface area contributed by atoms with E-state index >= 15 is 0 Å². The molecule has 3 rings (SSSR count). The van der Waals surface area contributed by atoms with Crippen molar-refractivity contribution in [2.75, 3.05) is 26.3 Å². The monoisotopic (exact) mass is 368 g/mol. The summed E-state index contributed by atoms with van der Waals surface area (Å²) >= 11 is 0. The predicted octanol–water partition coefficient (Wildman–Crippen LogP) is 2.25. The highest BCUT2D eigenvalue weighted by atomic mass is 16.5. The summed E-state index contributed by atoms with van der Waals surface area (Å²) in [6.07, 6.45) is 0. The zero-order valence-corrected chi connectivity index (χ0v) is 15.3. The van der Waals surface area contributed by atoms with E-state index in [2.05, 4.69) is 5.10 Å². The average molecular weight is 368 g/mol. The molecular formula is C20H20N2O5. The number of para-hydroxylation sites is 1. The van der Waals surface area contributed by atoms with Crippen LogP contribution in [0.3, 0.4) is 0 Å². The van der Waals surface area contributed by atoms with Crippen molar-refractivity contribution in [3.05, 3.63) is 60.2 Å². The Bertz CT molecular complexity index is 848. The molecule has 0 saturated carbocycles. The molecule has 1 heterocycles. The van der Waals surface area contributed by atoms with Crippen LogP contribution in [0, 0.1) is 5.92 Å². The fourth-order valence-corrected chi connectivity index (χ4v) is 3.05. The zero-order chi connectivity index (χ0) is 19.4. The summed E-state index contributed by atoms with van der Waals surface area (Å²) in [5.74, 6) is -1.37. The van der Waals surface area contributed by atoms with Crippen molar-refractivity contribution in [3.63, 3.8) is 0 Å². The van der Waals surface area contributed by atoms with Crippen LogP contribution >= 0.6 is 0 Å². The highest BCUT2D eigenvalue weighted by Crippen LogP contribution is 2.32. The van der Waals surface area contributed by atoms with Gasteiger partial charge in [-0.1, -0.05) is 18.2 Å². The van der Waals surface area contributed by atoms with Gasteiger partial charge in [-0.2, -0.15) is 5.10 Å². The second-order valence-electron chi connectivity index (χ2n) is 5.86. The second-order valence-corrected chi connectivity index (χ2v) is 5.86. The third kappa shape index (κ3) is 3.48. The summed E-state index contributed by atoms with van der Waals surface area (Å²) in [7, 11) is 4.14. The normalized spacial score (nSPS) is 18.6. The van der Waals surface area contributed by atoms with Crippen molar-refractivity contribution in [2.45, 2.75) is 6.04 Å². The Hall–Kier alpha value is -3.35. The smallest absolute Gasteiger partial charge is 0.332 e. The summed E-state index contributed by atoms with van der Waals surface area (Å²) in [5, 5.41) is 6.10. The maximum absolute atomic E-state index is 12.6. The van der Waals surface area contributed by atoms with E-state index in [0.29, 0.717) is 22.7 Å². The molecule has 0 aromatic heterocycles. The first-order valence-electron chi connectivity index (χ1n) is 8.33. The zero-order valence-electron chi connectivity index (χ0n) is 15.3. The van der Waals surface area contributed by atoms with E-state index in [0.717, 1.165) is 0 Å². The van der Waals surface area contributed by atoms with Gasteiger partial charge >= 0.3 is 11.9 Å². The van der Waals surface area contributed by atoms with Crippen LogP contribution in [-0.2, 0) is 19.1 Å². The molecule has 2 aromatic rings. The minimum absolute atomic E-state index is 0.434. The van der Waals surface area contributed by atoms with Crippen LogP contribution in [0.4, 0.5) is 5.69 Å². The molecule has 2 atom stereocenters. The number of carbonyl (C=O) groups excluding carboxylic acids is 2. The van der Waals surface area contributed by atoms with Gasteiger partial charge in [0.15, 0.2) is 6.04 Å². The minimum atomic E-state index is -0.957. The number of carbonyl (C=O) groups is 2. The van der Waals surface area contributed by atoms with Crippen molar-refractivity contribution in [1.82, 2.24) is 0 Å². The average Bonchev–Trinajstić information content (AvgIpc) is 3.14. The molecule has 140 valence electrons. The number of anilines is 1. The number of esters is 2. The van der Waals surface area contributed by atoms with Gasteiger partial charge in [0, 0.05) is 0 Å². The number of hydrogen-bond acceptors (Lipinski definition) is 7. The summed E-state index contributed by atoms with van der Waals surface area (Å²) in [6.45, 7) is 0. The molecule has 0 amide bonds. The Labute approximate surface area is 157 Å². The van der Waals surface area contributed by atoms with Crippen LogP contribution in [0.15, 0.2) is 59.7 Å². The van der Waals surface area contributed by atoms with E-state index in [1.165, 1.54) is 19.2 Å². The fraction of sp³-hybridized carbons (Fsp3) is 0.250. The van der Waals surface area contributed by atoms with Crippen molar-refractivity contribution in [1.29, 1.82) is 0 Å². The van der Waals surface area contributed by atoms with E-state index in [9.17, 15) is 9.59 Å². The fourth-order valence-electron chi connectivity index (χ4n) is 3.05. The van der Waals surface area contributed by atoms with Crippen molar-refractivity contribution in [2.24, 2.45) is 11.0 Å². The molecule has 0 saturated heterocycles. The van der Waals surface area contributed by atoms with Gasteiger partial charge in [-0.15, -0.1) is 0 Å². The molecular weight excluding hydrogens is 348 g/mol. The van der Waals surface area contributed by atoms with Crippen LogP contribution in [0.5, 0.6) is 5.75 Å². The molecule has 0 radical (unpaired) electrons. The second kappa shape index (κ2) is 7.90. The number of hydrazone groups is 1. The summed E-state index contributed by atoms with van der Waals surface area (Å²) in [4.78, 5) is 25.1. The number of benzene rings is 2. The molecule has 2 aromatic carbocycles. The highest BCUT2D eigenvalue weighted by Gasteiger charge is 2.48. The molecule has 7 heteroatoms. The Morgan fingerprint density at radius 3 is 2.07 bits per heavy atom. The maximum atomic E-state index is 12.6. The van der Waals surface area contributed by atoms with E-state index in [4.69, 9.17) is 14.2 Å². The van der Waals surface area contributed by atoms with Gasteiger partial charge in [0.05, 0.1) is 32.7 Å². The predicted molar refractivity (Wildman–Crippen MR) is 99.8 cm³/mol. The first-order chi connectivity index (χ1) is 13.1. The van der Waals surface area contributed by atoms with Crippen molar-refractivity contribution < 1.29 is 23.8 Å². The third-order valence-electron chi connectivity index (χ3n) is 4.39. The lowest BCUT2D eigenvalue weighted by Crippen LogP contribution is -2.45. The molecule has 0 unspecified atom stereocenters. The number of ether oxygens (including phenoxy) is 3. The largest absolute Gasteiger partial charge is 0.497 e. The Morgan fingerprint density at radius 1 is 0.889 bits per heavy atom. The molecule has 27 heavy (non-hydrogen) atoms. The summed E-state index contributed by atoms with van der Waals surface area (Å²) < 4.78 is 15.1. The summed E-state index contributed by atoms with van der Waals surface area (Å²) in [5.41, 5.74) is 1.80. The van der Waals surface area contributed by atoms with Gasteiger partial charge in [0.1, 0.15) is 11.7 Å². The molecule has 0 spiro atoms. The molecule has 0 fully saturated rings. The maximum Gasteiger partial charge on any atom is 0.332 e. The first-order valence-corrected chi connectivity index (χ1v) is 8.33. The Balaban J connectivity index is 2.12. The molecule has 1 aliphatic rings. The molecule has 7 nitrogen and oxygen atoms in total. The van der Waals surface area contributed by atoms with Crippen LogP contribution < -0.4 is 9.75 Å². The van der Waals surface area contributed by atoms with Crippen LogP contribution in [0.1, 0.15) is 5.56 Å². The third-order valence-corrected chi connectivity index (χ3v) is 4.39. The van der Waals surface area contributed by atoms with Gasteiger partial charge in [-0.05, 0) is 42.0 Å². The Morgan fingerprint density at radius 2 is 1.52 bits per heavy atom. The van der Waals surface area contributed by atoms with Gasteiger partial charge in [-0.25, -0.2) is 9.80 Å². The topological polar surface area (TPSA) is 77.4 Å². The van der Waals surface area contributed by atoms with Crippen LogP contribution in [0.2, 0.25) is 0 Å². The number of nitrogens with zero attached hydrogens (tertiary/aromatic N) is 2. The van der Waals surface area contributed by atoms with Crippen molar-refractivity contribution in [3.8, 4) is 5.75 Å². The highest BCUT2D eigenvalue weighted by molar-refractivity contribution is 6.17. The number of methoxy groups -OCH3 is 3. The quantitative estimate of drug-likeness (QED) is 0.754. The first kappa shape index (κ1) is 18.4. The van der Waals surface area contributed by atoms with Gasteiger partial charge in [0.25, 0.3) is 0 Å². The lowest BCUT2D eigenvalue weighted by Gasteiger charge is -2.24.